The topological polar surface area (TPSA) is 113 Å². The van der Waals surface area contributed by atoms with Crippen molar-refractivity contribution in [1.29, 1.82) is 0 Å². The van der Waals surface area contributed by atoms with Crippen LogP contribution < -0.4 is 4.90 Å². The smallest absolute Gasteiger partial charge is 0.409 e. The summed E-state index contributed by atoms with van der Waals surface area (Å²) in [6.07, 6.45) is 1.20. The van der Waals surface area contributed by atoms with Gasteiger partial charge < -0.3 is 9.64 Å². The van der Waals surface area contributed by atoms with Crippen molar-refractivity contribution in [3.63, 3.8) is 0 Å². The number of carbonyl (C=O) groups excluding carboxylic acids is 2. The molecule has 40 heavy (non-hydrogen) atoms. The first-order valence-corrected chi connectivity index (χ1v) is 15.2. The molecule has 1 saturated heterocycles. The number of pyridine rings is 1. The van der Waals surface area contributed by atoms with E-state index in [1.165, 1.54) is 49.7 Å². The van der Waals surface area contributed by atoms with Crippen LogP contribution in [0.5, 0.6) is 0 Å². The predicted molar refractivity (Wildman–Crippen MR) is 153 cm³/mol. The molecule has 0 atom stereocenters. The van der Waals surface area contributed by atoms with Crippen LogP contribution in [0.2, 0.25) is 5.02 Å². The summed E-state index contributed by atoms with van der Waals surface area (Å²) in [7, 11) is -3.81. The third-order valence-corrected chi connectivity index (χ3v) is 9.65. The summed E-state index contributed by atoms with van der Waals surface area (Å²) >= 11 is 7.67. The van der Waals surface area contributed by atoms with E-state index >= 15 is 0 Å². The monoisotopic (exact) mass is 599 g/mol. The number of aromatic nitrogens is 2. The number of piperazine rings is 1. The molecule has 0 saturated carbocycles. The van der Waals surface area contributed by atoms with Crippen LogP contribution in [0.3, 0.4) is 0 Å². The number of hydrogen-bond acceptors (Lipinski definition) is 8. The van der Waals surface area contributed by atoms with E-state index in [0.717, 1.165) is 4.70 Å². The molecular weight excluding hydrogens is 574 g/mol. The molecule has 1 aliphatic rings. The van der Waals surface area contributed by atoms with Gasteiger partial charge in [-0.1, -0.05) is 35.1 Å². The molecule has 13 heteroatoms. The maximum atomic E-state index is 13.7. The SMILES string of the molecule is CCOC(=O)N1CCN(S(=O)(=O)c2ccc(C(=O)N(Cc3ccccn3)c3nc4c(Cl)cccc4s3)cc2)CC1. The zero-order valence-electron chi connectivity index (χ0n) is 21.6. The van der Waals surface area contributed by atoms with E-state index < -0.39 is 16.1 Å². The largest absolute Gasteiger partial charge is 0.450 e. The van der Waals surface area contributed by atoms with Gasteiger partial charge in [0.2, 0.25) is 10.0 Å². The molecule has 0 bridgehead atoms. The molecule has 0 spiro atoms. The molecule has 3 heterocycles. The van der Waals surface area contributed by atoms with Gasteiger partial charge in [0.15, 0.2) is 5.13 Å². The average molecular weight is 600 g/mol. The Hall–Kier alpha value is -3.58. The van der Waals surface area contributed by atoms with Gasteiger partial charge in [-0.05, 0) is 55.5 Å². The lowest BCUT2D eigenvalue weighted by Crippen LogP contribution is -2.50. The van der Waals surface area contributed by atoms with Crippen LogP contribution in [0, 0.1) is 0 Å². The Labute approximate surface area is 240 Å². The van der Waals surface area contributed by atoms with Crippen molar-refractivity contribution in [3.05, 3.63) is 83.1 Å². The zero-order chi connectivity index (χ0) is 28.3. The number of fused-ring (bicyclic) bond motifs is 1. The summed E-state index contributed by atoms with van der Waals surface area (Å²) in [5, 5.41) is 0.942. The van der Waals surface area contributed by atoms with Crippen molar-refractivity contribution >= 4 is 60.3 Å². The molecule has 2 aromatic heterocycles. The fraction of sp³-hybridized carbons (Fsp3) is 0.259. The molecular formula is C27H26ClN5O5S2. The predicted octanol–water partition coefficient (Wildman–Crippen LogP) is 4.65. The number of anilines is 1. The molecule has 0 N–H and O–H groups in total. The number of rotatable bonds is 7. The second-order valence-corrected chi connectivity index (χ2v) is 12.3. The van der Waals surface area contributed by atoms with Gasteiger partial charge in [0.25, 0.3) is 5.91 Å². The van der Waals surface area contributed by atoms with E-state index in [0.29, 0.717) is 26.9 Å². The second kappa shape index (κ2) is 11.9. The number of nitrogens with zero attached hydrogens (tertiary/aromatic N) is 5. The minimum Gasteiger partial charge on any atom is -0.450 e. The normalized spacial score (nSPS) is 14.3. The number of benzene rings is 2. The molecule has 208 valence electrons. The number of ether oxygens (including phenoxy) is 1. The van der Waals surface area contributed by atoms with E-state index in [2.05, 4.69) is 9.97 Å². The van der Waals surface area contributed by atoms with Gasteiger partial charge in [0.1, 0.15) is 5.52 Å². The number of hydrogen-bond donors (Lipinski definition) is 0. The van der Waals surface area contributed by atoms with Gasteiger partial charge in [-0.15, -0.1) is 0 Å². The first kappa shape index (κ1) is 28.0. The highest BCUT2D eigenvalue weighted by Crippen LogP contribution is 2.34. The van der Waals surface area contributed by atoms with Gasteiger partial charge in [-0.3, -0.25) is 14.7 Å². The number of halogens is 1. The number of carbonyl (C=O) groups is 2. The Morgan fingerprint density at radius 1 is 1.02 bits per heavy atom. The maximum absolute atomic E-state index is 13.7. The van der Waals surface area contributed by atoms with E-state index in [1.54, 1.807) is 25.3 Å². The molecule has 0 radical (unpaired) electrons. The maximum Gasteiger partial charge on any atom is 0.409 e. The van der Waals surface area contributed by atoms with Crippen molar-refractivity contribution in [2.75, 3.05) is 37.7 Å². The minimum atomic E-state index is -3.81. The quantitative estimate of drug-likeness (QED) is 0.304. The summed E-state index contributed by atoms with van der Waals surface area (Å²) in [5.41, 5.74) is 1.57. The van der Waals surface area contributed by atoms with Crippen LogP contribution in [-0.2, 0) is 21.3 Å². The molecule has 1 fully saturated rings. The van der Waals surface area contributed by atoms with Crippen molar-refractivity contribution in [2.45, 2.75) is 18.4 Å². The zero-order valence-corrected chi connectivity index (χ0v) is 24.0. The van der Waals surface area contributed by atoms with E-state index in [1.807, 2.05) is 24.3 Å². The molecule has 4 aromatic rings. The fourth-order valence-electron chi connectivity index (χ4n) is 4.30. The van der Waals surface area contributed by atoms with Crippen LogP contribution in [0.4, 0.5) is 9.93 Å². The molecule has 5 rings (SSSR count). The lowest BCUT2D eigenvalue weighted by Gasteiger charge is -2.33. The second-order valence-electron chi connectivity index (χ2n) is 8.91. The molecule has 1 aliphatic heterocycles. The van der Waals surface area contributed by atoms with Crippen molar-refractivity contribution in [3.8, 4) is 0 Å². The highest BCUT2D eigenvalue weighted by Gasteiger charge is 2.31. The number of amides is 2. The third-order valence-electron chi connectivity index (χ3n) is 6.38. The summed E-state index contributed by atoms with van der Waals surface area (Å²) in [6, 6.07) is 16.8. The lowest BCUT2D eigenvalue weighted by atomic mass is 10.2. The van der Waals surface area contributed by atoms with Crippen molar-refractivity contribution < 1.29 is 22.7 Å². The lowest BCUT2D eigenvalue weighted by molar-refractivity contribution is 0.0933. The summed E-state index contributed by atoms with van der Waals surface area (Å²) < 4.78 is 33.7. The summed E-state index contributed by atoms with van der Waals surface area (Å²) in [4.78, 5) is 37.8. The highest BCUT2D eigenvalue weighted by molar-refractivity contribution is 7.89. The minimum absolute atomic E-state index is 0.0664. The van der Waals surface area contributed by atoms with E-state index in [-0.39, 0.29) is 50.1 Å². The highest BCUT2D eigenvalue weighted by atomic mass is 35.5. The van der Waals surface area contributed by atoms with Crippen LogP contribution in [0.15, 0.2) is 71.8 Å². The Morgan fingerprint density at radius 3 is 2.42 bits per heavy atom. The van der Waals surface area contributed by atoms with Crippen LogP contribution in [-0.4, -0.2) is 72.4 Å². The molecule has 0 unspecified atom stereocenters. The van der Waals surface area contributed by atoms with Crippen LogP contribution in [0.1, 0.15) is 23.0 Å². The average Bonchev–Trinajstić information content (AvgIpc) is 3.42. The van der Waals surface area contributed by atoms with Gasteiger partial charge in [0.05, 0.1) is 33.5 Å². The number of para-hydroxylation sites is 1. The first-order valence-electron chi connectivity index (χ1n) is 12.6. The Bertz CT molecular complexity index is 1620. The molecule has 0 aliphatic carbocycles. The Morgan fingerprint density at radius 2 is 1.77 bits per heavy atom. The van der Waals surface area contributed by atoms with Gasteiger partial charge in [-0.25, -0.2) is 18.2 Å². The Kier molecular flexibility index (Phi) is 8.31. The summed E-state index contributed by atoms with van der Waals surface area (Å²) in [6.45, 7) is 2.93. The molecule has 2 amide bonds. The Balaban J connectivity index is 1.38. The van der Waals surface area contributed by atoms with E-state index in [9.17, 15) is 18.0 Å². The third kappa shape index (κ3) is 5.80. The fourth-order valence-corrected chi connectivity index (χ4v) is 6.98. The van der Waals surface area contributed by atoms with Gasteiger partial charge >= 0.3 is 6.09 Å². The molecule has 10 nitrogen and oxygen atoms in total. The summed E-state index contributed by atoms with van der Waals surface area (Å²) in [5.74, 6) is -0.354. The van der Waals surface area contributed by atoms with Crippen molar-refractivity contribution in [2.24, 2.45) is 0 Å². The number of thiazole rings is 1. The van der Waals surface area contributed by atoms with E-state index in [4.69, 9.17) is 16.3 Å². The van der Waals surface area contributed by atoms with Crippen LogP contribution in [0.25, 0.3) is 10.2 Å². The van der Waals surface area contributed by atoms with Gasteiger partial charge in [-0.2, -0.15) is 4.31 Å². The standard InChI is InChI=1S/C27H26ClN5O5S2/c1-2-38-27(35)31-14-16-32(17-15-31)40(36,37)21-11-9-19(10-12-21)25(34)33(18-20-6-3-4-13-29-20)26-30-24-22(28)7-5-8-23(24)39-26/h3-13H,2,14-18H2,1H3. The first-order chi connectivity index (χ1) is 19.3. The van der Waals surface area contributed by atoms with Gasteiger partial charge in [0, 0.05) is 37.9 Å². The van der Waals surface area contributed by atoms with Crippen LogP contribution >= 0.6 is 22.9 Å². The van der Waals surface area contributed by atoms with Crippen molar-refractivity contribution in [1.82, 2.24) is 19.2 Å². The number of sulfonamides is 1. The molecule has 2 aromatic carbocycles.